The lowest BCUT2D eigenvalue weighted by molar-refractivity contribution is 0.259. The van der Waals surface area contributed by atoms with E-state index in [4.69, 9.17) is 0 Å². The molecule has 1 aliphatic heterocycles. The van der Waals surface area contributed by atoms with Gasteiger partial charge in [-0.3, -0.25) is 4.90 Å². The third kappa shape index (κ3) is 2.86. The molecule has 1 aliphatic carbocycles. The van der Waals surface area contributed by atoms with Crippen molar-refractivity contribution >= 4 is 38.7 Å². The molecule has 0 aromatic carbocycles. The summed E-state index contributed by atoms with van der Waals surface area (Å²) in [4.78, 5) is 15.9. The predicted octanol–water partition coefficient (Wildman–Crippen LogP) is 4.49. The summed E-state index contributed by atoms with van der Waals surface area (Å²) in [6, 6.07) is 4.88. The molecular formula is C19H22N4S2. The van der Waals surface area contributed by atoms with Gasteiger partial charge in [-0.15, -0.1) is 22.7 Å². The van der Waals surface area contributed by atoms with Gasteiger partial charge in [0.25, 0.3) is 0 Å². The van der Waals surface area contributed by atoms with Crippen LogP contribution in [0.5, 0.6) is 0 Å². The Bertz CT molecular complexity index is 865. The molecule has 1 N–H and O–H groups in total. The van der Waals surface area contributed by atoms with Crippen LogP contribution >= 0.6 is 22.7 Å². The lowest BCUT2D eigenvalue weighted by Crippen LogP contribution is -2.30. The molecule has 25 heavy (non-hydrogen) atoms. The van der Waals surface area contributed by atoms with Crippen LogP contribution < -0.4 is 5.32 Å². The molecule has 4 nitrogen and oxygen atoms in total. The van der Waals surface area contributed by atoms with Crippen molar-refractivity contribution in [2.45, 2.75) is 38.1 Å². The molecule has 0 saturated carbocycles. The van der Waals surface area contributed by atoms with Crippen LogP contribution in [-0.2, 0) is 12.8 Å². The summed E-state index contributed by atoms with van der Waals surface area (Å²) in [6.45, 7) is 3.33. The molecule has 0 spiro atoms. The van der Waals surface area contributed by atoms with Crippen molar-refractivity contribution in [3.8, 4) is 0 Å². The Kier molecular flexibility index (Phi) is 4.19. The highest BCUT2D eigenvalue weighted by Crippen LogP contribution is 2.39. The van der Waals surface area contributed by atoms with Crippen LogP contribution in [0, 0.1) is 0 Å². The van der Waals surface area contributed by atoms with E-state index < -0.39 is 0 Å². The minimum absolute atomic E-state index is 0.444. The highest BCUT2D eigenvalue weighted by molar-refractivity contribution is 7.19. The van der Waals surface area contributed by atoms with E-state index in [2.05, 4.69) is 37.7 Å². The fourth-order valence-corrected chi connectivity index (χ4v) is 6.29. The van der Waals surface area contributed by atoms with Gasteiger partial charge in [-0.25, -0.2) is 9.97 Å². The van der Waals surface area contributed by atoms with E-state index in [1.807, 2.05) is 22.7 Å². The van der Waals surface area contributed by atoms with Gasteiger partial charge in [-0.2, -0.15) is 0 Å². The van der Waals surface area contributed by atoms with Crippen LogP contribution in [0.2, 0.25) is 0 Å². The second-order valence-corrected chi connectivity index (χ2v) is 8.98. The summed E-state index contributed by atoms with van der Waals surface area (Å²) < 4.78 is 0. The smallest absolute Gasteiger partial charge is 0.138 e. The second kappa shape index (κ2) is 6.67. The van der Waals surface area contributed by atoms with Gasteiger partial charge in [0.15, 0.2) is 0 Å². The molecule has 6 heteroatoms. The van der Waals surface area contributed by atoms with Crippen molar-refractivity contribution in [1.29, 1.82) is 0 Å². The molecule has 1 atom stereocenters. The highest BCUT2D eigenvalue weighted by atomic mass is 32.1. The molecule has 130 valence electrons. The fourth-order valence-electron chi connectivity index (χ4n) is 4.20. The highest BCUT2D eigenvalue weighted by Gasteiger charge is 2.25. The molecule has 3 aromatic heterocycles. The first kappa shape index (κ1) is 15.7. The first-order valence-corrected chi connectivity index (χ1v) is 10.9. The monoisotopic (exact) mass is 370 g/mol. The maximum absolute atomic E-state index is 4.61. The van der Waals surface area contributed by atoms with Gasteiger partial charge in [0, 0.05) is 16.3 Å². The van der Waals surface area contributed by atoms with Crippen molar-refractivity contribution < 1.29 is 0 Å². The Hall–Kier alpha value is -1.50. The molecule has 2 aliphatic rings. The van der Waals surface area contributed by atoms with Gasteiger partial charge in [0.2, 0.25) is 0 Å². The van der Waals surface area contributed by atoms with Crippen LogP contribution in [0.25, 0.3) is 10.2 Å². The number of nitrogens with one attached hydrogen (secondary N) is 1. The normalized spacial score (nSPS) is 18.7. The number of hydrogen-bond acceptors (Lipinski definition) is 6. The lowest BCUT2D eigenvalue weighted by atomic mass is 10.1. The van der Waals surface area contributed by atoms with Crippen molar-refractivity contribution in [3.05, 3.63) is 39.2 Å². The van der Waals surface area contributed by atoms with Crippen molar-refractivity contribution in [1.82, 2.24) is 14.9 Å². The lowest BCUT2D eigenvalue weighted by Gasteiger charge is -2.27. The molecule has 0 radical (unpaired) electrons. The summed E-state index contributed by atoms with van der Waals surface area (Å²) in [7, 11) is 0. The maximum Gasteiger partial charge on any atom is 0.138 e. The van der Waals surface area contributed by atoms with Crippen molar-refractivity contribution in [2.75, 3.05) is 25.0 Å². The number of rotatable bonds is 5. The number of aryl methyl sites for hydroxylation is 2. The summed E-state index contributed by atoms with van der Waals surface area (Å²) in [5, 5.41) is 7.16. The largest absolute Gasteiger partial charge is 0.367 e. The van der Waals surface area contributed by atoms with Gasteiger partial charge in [0.1, 0.15) is 17.0 Å². The zero-order chi connectivity index (χ0) is 16.6. The Balaban J connectivity index is 1.44. The zero-order valence-electron chi connectivity index (χ0n) is 14.2. The van der Waals surface area contributed by atoms with E-state index in [1.165, 1.54) is 65.9 Å². The summed E-state index contributed by atoms with van der Waals surface area (Å²) in [5.74, 6) is 1.03. The van der Waals surface area contributed by atoms with Gasteiger partial charge in [-0.05, 0) is 62.2 Å². The average molecular weight is 371 g/mol. The number of hydrogen-bond donors (Lipinski definition) is 1. The summed E-state index contributed by atoms with van der Waals surface area (Å²) >= 11 is 3.72. The predicted molar refractivity (Wildman–Crippen MR) is 106 cm³/mol. The Morgan fingerprint density at radius 2 is 2.08 bits per heavy atom. The van der Waals surface area contributed by atoms with Crippen LogP contribution in [0.3, 0.4) is 0 Å². The number of fused-ring (bicyclic) bond motifs is 3. The fraction of sp³-hybridized carbons (Fsp3) is 0.474. The summed E-state index contributed by atoms with van der Waals surface area (Å²) in [5.41, 5.74) is 1.50. The SMILES string of the molecule is c1csc([C@H](CNc2ncnc3sc4c(c23)CCC4)N2CCCC2)c1. The van der Waals surface area contributed by atoms with Crippen molar-refractivity contribution in [2.24, 2.45) is 0 Å². The molecule has 0 bridgehead atoms. The third-order valence-corrected chi connectivity index (χ3v) is 7.59. The van der Waals surface area contributed by atoms with E-state index in [9.17, 15) is 0 Å². The Labute approximate surface area is 155 Å². The number of nitrogens with zero attached hydrogens (tertiary/aromatic N) is 3. The van der Waals surface area contributed by atoms with Gasteiger partial charge < -0.3 is 5.32 Å². The topological polar surface area (TPSA) is 41.1 Å². The minimum Gasteiger partial charge on any atom is -0.367 e. The van der Waals surface area contributed by atoms with Gasteiger partial charge in [-0.1, -0.05) is 6.07 Å². The molecule has 5 rings (SSSR count). The Morgan fingerprint density at radius 3 is 2.92 bits per heavy atom. The van der Waals surface area contributed by atoms with Crippen LogP contribution in [0.1, 0.15) is 40.6 Å². The number of likely N-dealkylation sites (tertiary alicyclic amines) is 1. The maximum atomic E-state index is 4.61. The Morgan fingerprint density at radius 1 is 1.16 bits per heavy atom. The first-order valence-electron chi connectivity index (χ1n) is 9.17. The van der Waals surface area contributed by atoms with Gasteiger partial charge >= 0.3 is 0 Å². The summed E-state index contributed by atoms with van der Waals surface area (Å²) in [6.07, 6.45) is 8.01. The molecule has 1 saturated heterocycles. The van der Waals surface area contributed by atoms with Crippen molar-refractivity contribution in [3.63, 3.8) is 0 Å². The molecular weight excluding hydrogens is 348 g/mol. The molecule has 3 aromatic rings. The molecule has 1 fully saturated rings. The van der Waals surface area contributed by atoms with E-state index >= 15 is 0 Å². The minimum atomic E-state index is 0.444. The van der Waals surface area contributed by atoms with E-state index in [-0.39, 0.29) is 0 Å². The zero-order valence-corrected chi connectivity index (χ0v) is 15.8. The molecule has 4 heterocycles. The number of aromatic nitrogens is 2. The molecule has 0 amide bonds. The average Bonchev–Trinajstić information content (AvgIpc) is 3.39. The first-order chi connectivity index (χ1) is 12.4. The van der Waals surface area contributed by atoms with E-state index in [0.717, 1.165) is 17.2 Å². The third-order valence-electron chi connectivity index (χ3n) is 5.42. The van der Waals surface area contributed by atoms with Crippen LogP contribution in [0.15, 0.2) is 23.8 Å². The van der Waals surface area contributed by atoms with Crippen LogP contribution in [0.4, 0.5) is 5.82 Å². The van der Waals surface area contributed by atoms with Crippen LogP contribution in [-0.4, -0.2) is 34.5 Å². The standard InChI is InChI=1S/C19H22N4S2/c1-2-9-23(8-1)14(16-7-4-10-24-16)11-20-18-17-13-5-3-6-15(13)25-19(17)22-12-21-18/h4,7,10,12,14H,1-3,5-6,8-9,11H2,(H,20,21,22)/t14-/m0/s1. The number of anilines is 1. The second-order valence-electron chi connectivity index (χ2n) is 6.91. The molecule has 0 unspecified atom stereocenters. The number of thiophene rings is 2. The van der Waals surface area contributed by atoms with Gasteiger partial charge in [0.05, 0.1) is 11.4 Å². The van der Waals surface area contributed by atoms with E-state index in [1.54, 1.807) is 6.33 Å². The van der Waals surface area contributed by atoms with E-state index in [0.29, 0.717) is 6.04 Å². The quantitative estimate of drug-likeness (QED) is 0.718.